The Hall–Kier alpha value is -1.73. The van der Waals surface area contributed by atoms with Gasteiger partial charge in [-0.15, -0.1) is 10.2 Å². The second-order valence-electron chi connectivity index (χ2n) is 2.93. The molecule has 1 aromatic rings. The Labute approximate surface area is 92.6 Å². The van der Waals surface area contributed by atoms with Crippen LogP contribution < -0.4 is 11.1 Å². The molecule has 0 aliphatic heterocycles. The molecule has 16 heavy (non-hydrogen) atoms. The first-order valence-corrected chi connectivity index (χ1v) is 4.80. The summed E-state index contributed by atoms with van der Waals surface area (Å²) in [4.78, 5) is 10.7. The Morgan fingerprint density at radius 3 is 2.81 bits per heavy atom. The van der Waals surface area contributed by atoms with Crippen LogP contribution in [0.4, 0.5) is 5.82 Å². The number of aromatic nitrogens is 2. The quantitative estimate of drug-likeness (QED) is 0.514. The Kier molecular flexibility index (Phi) is 5.17. The third-order valence-electron chi connectivity index (χ3n) is 1.71. The number of anilines is 1. The standard InChI is InChI=1S/C9H14N4O3/c10-9(15)7-1-2-8(13-12-7)11-3-5-16-6-4-14/h1-2,14H,3-6H2,(H2,10,15)(H,11,13). The normalized spacial score (nSPS) is 10.1. The van der Waals surface area contributed by atoms with Gasteiger partial charge in [0, 0.05) is 6.54 Å². The number of nitrogens with zero attached hydrogens (tertiary/aromatic N) is 2. The predicted octanol–water partition coefficient (Wildman–Crippen LogP) is -1.00. The summed E-state index contributed by atoms with van der Waals surface area (Å²) in [5, 5.41) is 18.8. The number of carbonyl (C=O) groups is 1. The second-order valence-corrected chi connectivity index (χ2v) is 2.93. The molecule has 1 amide bonds. The lowest BCUT2D eigenvalue weighted by Gasteiger charge is -2.05. The Balaban J connectivity index is 2.29. The number of nitrogens with one attached hydrogen (secondary N) is 1. The second kappa shape index (κ2) is 6.70. The zero-order valence-corrected chi connectivity index (χ0v) is 8.72. The molecule has 1 aromatic heterocycles. The van der Waals surface area contributed by atoms with E-state index >= 15 is 0 Å². The van der Waals surface area contributed by atoms with E-state index in [0.29, 0.717) is 25.6 Å². The molecule has 0 fully saturated rings. The van der Waals surface area contributed by atoms with Crippen molar-refractivity contribution in [2.45, 2.75) is 0 Å². The average molecular weight is 226 g/mol. The molecule has 88 valence electrons. The van der Waals surface area contributed by atoms with Gasteiger partial charge < -0.3 is 20.9 Å². The molecular weight excluding hydrogens is 212 g/mol. The van der Waals surface area contributed by atoms with Crippen LogP contribution in [-0.2, 0) is 4.74 Å². The van der Waals surface area contributed by atoms with Crippen LogP contribution in [0.5, 0.6) is 0 Å². The van der Waals surface area contributed by atoms with Crippen molar-refractivity contribution in [1.82, 2.24) is 10.2 Å². The van der Waals surface area contributed by atoms with Gasteiger partial charge in [-0.3, -0.25) is 4.79 Å². The van der Waals surface area contributed by atoms with Crippen molar-refractivity contribution in [3.05, 3.63) is 17.8 Å². The van der Waals surface area contributed by atoms with E-state index in [9.17, 15) is 4.79 Å². The van der Waals surface area contributed by atoms with Crippen LogP contribution in [0.15, 0.2) is 12.1 Å². The molecule has 0 aliphatic carbocycles. The van der Waals surface area contributed by atoms with E-state index in [-0.39, 0.29) is 12.3 Å². The van der Waals surface area contributed by atoms with Crippen molar-refractivity contribution in [3.8, 4) is 0 Å². The first kappa shape index (κ1) is 12.3. The highest BCUT2D eigenvalue weighted by atomic mass is 16.5. The van der Waals surface area contributed by atoms with E-state index in [0.717, 1.165) is 0 Å². The van der Waals surface area contributed by atoms with E-state index in [4.69, 9.17) is 15.6 Å². The molecule has 0 bridgehead atoms. The maximum absolute atomic E-state index is 10.7. The first-order chi connectivity index (χ1) is 7.74. The van der Waals surface area contributed by atoms with Gasteiger partial charge in [0.05, 0.1) is 19.8 Å². The van der Waals surface area contributed by atoms with Gasteiger partial charge in [-0.05, 0) is 12.1 Å². The third kappa shape index (κ3) is 4.20. The number of ether oxygens (including phenoxy) is 1. The third-order valence-corrected chi connectivity index (χ3v) is 1.71. The Bertz CT molecular complexity index is 328. The summed E-state index contributed by atoms with van der Waals surface area (Å²) in [5.74, 6) is -0.0667. The minimum absolute atomic E-state index is 0.00706. The lowest BCUT2D eigenvalue weighted by Crippen LogP contribution is -2.15. The summed E-state index contributed by atoms with van der Waals surface area (Å²) in [5.41, 5.74) is 5.14. The van der Waals surface area contributed by atoms with Crippen LogP contribution in [0.1, 0.15) is 10.5 Å². The van der Waals surface area contributed by atoms with Gasteiger partial charge in [0.15, 0.2) is 5.69 Å². The monoisotopic (exact) mass is 226 g/mol. The molecular formula is C9H14N4O3. The van der Waals surface area contributed by atoms with Gasteiger partial charge in [0.25, 0.3) is 5.91 Å². The van der Waals surface area contributed by atoms with Crippen LogP contribution in [0.3, 0.4) is 0 Å². The minimum Gasteiger partial charge on any atom is -0.394 e. The van der Waals surface area contributed by atoms with E-state index in [1.807, 2.05) is 0 Å². The summed E-state index contributed by atoms with van der Waals surface area (Å²) in [6.07, 6.45) is 0. The molecule has 1 rings (SSSR count). The number of carbonyl (C=O) groups excluding carboxylic acids is 1. The summed E-state index contributed by atoms with van der Waals surface area (Å²) in [6.45, 7) is 1.32. The number of aliphatic hydroxyl groups is 1. The smallest absolute Gasteiger partial charge is 0.269 e. The highest BCUT2D eigenvalue weighted by Crippen LogP contribution is 2.00. The molecule has 0 atom stereocenters. The van der Waals surface area contributed by atoms with Gasteiger partial charge in [-0.1, -0.05) is 0 Å². The van der Waals surface area contributed by atoms with Crippen molar-refractivity contribution in [3.63, 3.8) is 0 Å². The van der Waals surface area contributed by atoms with Gasteiger partial charge >= 0.3 is 0 Å². The number of hydrogen-bond acceptors (Lipinski definition) is 6. The van der Waals surface area contributed by atoms with Crippen LogP contribution >= 0.6 is 0 Å². The van der Waals surface area contributed by atoms with Gasteiger partial charge in [-0.2, -0.15) is 0 Å². The van der Waals surface area contributed by atoms with E-state index in [1.165, 1.54) is 6.07 Å². The van der Waals surface area contributed by atoms with Crippen LogP contribution in [-0.4, -0.2) is 47.6 Å². The molecule has 4 N–H and O–H groups in total. The lowest BCUT2D eigenvalue weighted by molar-refractivity contribution is 0.0991. The maximum Gasteiger partial charge on any atom is 0.269 e. The van der Waals surface area contributed by atoms with Crippen molar-refractivity contribution >= 4 is 11.7 Å². The predicted molar refractivity (Wildman–Crippen MR) is 56.9 cm³/mol. The van der Waals surface area contributed by atoms with Gasteiger partial charge in [-0.25, -0.2) is 0 Å². The Morgan fingerprint density at radius 1 is 1.44 bits per heavy atom. The Morgan fingerprint density at radius 2 is 2.25 bits per heavy atom. The van der Waals surface area contributed by atoms with E-state index < -0.39 is 5.91 Å². The van der Waals surface area contributed by atoms with Crippen molar-refractivity contribution < 1.29 is 14.6 Å². The molecule has 0 aromatic carbocycles. The fraction of sp³-hybridized carbons (Fsp3) is 0.444. The van der Waals surface area contributed by atoms with Crippen LogP contribution in [0.25, 0.3) is 0 Å². The maximum atomic E-state index is 10.7. The molecule has 1 heterocycles. The first-order valence-electron chi connectivity index (χ1n) is 4.80. The fourth-order valence-corrected chi connectivity index (χ4v) is 0.976. The number of nitrogens with two attached hydrogens (primary N) is 1. The zero-order valence-electron chi connectivity index (χ0n) is 8.72. The van der Waals surface area contributed by atoms with Crippen molar-refractivity contribution in [2.24, 2.45) is 5.73 Å². The number of amides is 1. The lowest BCUT2D eigenvalue weighted by atomic mass is 10.4. The summed E-state index contributed by atoms with van der Waals surface area (Å²) < 4.78 is 5.03. The summed E-state index contributed by atoms with van der Waals surface area (Å²) >= 11 is 0. The van der Waals surface area contributed by atoms with Gasteiger partial charge in [0.2, 0.25) is 0 Å². The number of rotatable bonds is 7. The van der Waals surface area contributed by atoms with Crippen LogP contribution in [0.2, 0.25) is 0 Å². The molecule has 7 nitrogen and oxygen atoms in total. The van der Waals surface area contributed by atoms with Crippen LogP contribution in [0, 0.1) is 0 Å². The number of primary amides is 1. The summed E-state index contributed by atoms with van der Waals surface area (Å²) in [7, 11) is 0. The van der Waals surface area contributed by atoms with Gasteiger partial charge in [0.1, 0.15) is 5.82 Å². The molecule has 0 spiro atoms. The van der Waals surface area contributed by atoms with E-state index in [2.05, 4.69) is 15.5 Å². The molecule has 0 aliphatic rings. The minimum atomic E-state index is -0.606. The SMILES string of the molecule is NC(=O)c1ccc(NCCOCCO)nn1. The van der Waals surface area contributed by atoms with Crippen molar-refractivity contribution in [2.75, 3.05) is 31.7 Å². The number of hydrogen-bond donors (Lipinski definition) is 3. The van der Waals surface area contributed by atoms with Crippen molar-refractivity contribution in [1.29, 1.82) is 0 Å². The highest BCUT2D eigenvalue weighted by Gasteiger charge is 2.02. The molecule has 0 saturated carbocycles. The zero-order chi connectivity index (χ0) is 11.8. The molecule has 7 heteroatoms. The largest absolute Gasteiger partial charge is 0.394 e. The molecule has 0 unspecified atom stereocenters. The highest BCUT2D eigenvalue weighted by molar-refractivity contribution is 5.90. The topological polar surface area (TPSA) is 110 Å². The number of aliphatic hydroxyl groups excluding tert-OH is 1. The summed E-state index contributed by atoms with van der Waals surface area (Å²) in [6, 6.07) is 3.10. The molecule has 0 saturated heterocycles. The fourth-order valence-electron chi connectivity index (χ4n) is 0.976. The molecule has 0 radical (unpaired) electrons. The average Bonchev–Trinajstić information content (AvgIpc) is 2.29. The van der Waals surface area contributed by atoms with E-state index in [1.54, 1.807) is 6.07 Å².